The van der Waals surface area contributed by atoms with E-state index in [1.807, 2.05) is 36.4 Å². The van der Waals surface area contributed by atoms with Gasteiger partial charge in [-0.05, 0) is 18.5 Å². The summed E-state index contributed by atoms with van der Waals surface area (Å²) in [7, 11) is 0. The molecular formula is C15H16N4O. The van der Waals surface area contributed by atoms with Gasteiger partial charge in [-0.25, -0.2) is 9.97 Å². The van der Waals surface area contributed by atoms with Gasteiger partial charge in [0.1, 0.15) is 0 Å². The van der Waals surface area contributed by atoms with Crippen molar-refractivity contribution in [1.82, 2.24) is 9.97 Å². The van der Waals surface area contributed by atoms with Crippen LogP contribution in [0.5, 0.6) is 0 Å². The molecule has 20 heavy (non-hydrogen) atoms. The van der Waals surface area contributed by atoms with Crippen LogP contribution in [0.1, 0.15) is 6.42 Å². The van der Waals surface area contributed by atoms with Crippen molar-refractivity contribution in [1.29, 1.82) is 0 Å². The average molecular weight is 268 g/mol. The molecule has 0 bridgehead atoms. The third kappa shape index (κ3) is 2.40. The smallest absolute Gasteiger partial charge is 0.232 e. The van der Waals surface area contributed by atoms with E-state index < -0.39 is 0 Å². The fourth-order valence-electron chi connectivity index (χ4n) is 2.38. The van der Waals surface area contributed by atoms with Gasteiger partial charge in [-0.2, -0.15) is 0 Å². The molecule has 3 rings (SSSR count). The first-order valence-electron chi connectivity index (χ1n) is 6.67. The zero-order chi connectivity index (χ0) is 13.9. The Labute approximate surface area is 117 Å². The van der Waals surface area contributed by atoms with Crippen molar-refractivity contribution in [3.8, 4) is 11.3 Å². The lowest BCUT2D eigenvalue weighted by Gasteiger charge is -2.14. The van der Waals surface area contributed by atoms with Crippen LogP contribution in [-0.2, 0) is 4.79 Å². The number of hydrogen-bond acceptors (Lipinski definition) is 4. The summed E-state index contributed by atoms with van der Waals surface area (Å²) in [5, 5.41) is 0. The molecule has 2 N–H and O–H groups in total. The average Bonchev–Trinajstić information content (AvgIpc) is 2.89. The van der Waals surface area contributed by atoms with Crippen LogP contribution in [0, 0.1) is 5.92 Å². The van der Waals surface area contributed by atoms with Crippen LogP contribution in [-0.4, -0.2) is 29.0 Å². The minimum atomic E-state index is 0.0469. The van der Waals surface area contributed by atoms with E-state index >= 15 is 0 Å². The fourth-order valence-corrected chi connectivity index (χ4v) is 2.38. The summed E-state index contributed by atoms with van der Waals surface area (Å²) in [6.07, 6.45) is 2.17. The molecule has 2 heterocycles. The van der Waals surface area contributed by atoms with Gasteiger partial charge in [0, 0.05) is 24.7 Å². The maximum absolute atomic E-state index is 12.0. The second-order valence-corrected chi connectivity index (χ2v) is 4.92. The number of carbonyl (C=O) groups is 1. The highest BCUT2D eigenvalue weighted by atomic mass is 16.2. The normalized spacial score (nSPS) is 18.6. The van der Waals surface area contributed by atoms with E-state index in [4.69, 9.17) is 5.73 Å². The number of amides is 1. The topological polar surface area (TPSA) is 72.1 Å². The number of benzene rings is 1. The summed E-state index contributed by atoms with van der Waals surface area (Å²) in [6.45, 7) is 1.12. The van der Waals surface area contributed by atoms with E-state index in [0.717, 1.165) is 11.3 Å². The monoisotopic (exact) mass is 268 g/mol. The van der Waals surface area contributed by atoms with E-state index in [1.54, 1.807) is 11.1 Å². The standard InChI is InChI=1S/C15H16N4O/c16-9-11-8-14(20)19(10-11)15-17-7-6-13(18-15)12-4-2-1-3-5-12/h1-7,11H,8-10,16H2. The number of nitrogens with zero attached hydrogens (tertiary/aromatic N) is 3. The van der Waals surface area contributed by atoms with Crippen molar-refractivity contribution in [2.45, 2.75) is 6.42 Å². The van der Waals surface area contributed by atoms with Gasteiger partial charge in [0.25, 0.3) is 0 Å². The molecule has 1 fully saturated rings. The van der Waals surface area contributed by atoms with E-state index in [2.05, 4.69) is 9.97 Å². The Hall–Kier alpha value is -2.27. The minimum Gasteiger partial charge on any atom is -0.330 e. The first-order valence-corrected chi connectivity index (χ1v) is 6.67. The molecule has 1 aliphatic rings. The third-order valence-electron chi connectivity index (χ3n) is 3.49. The first-order chi connectivity index (χ1) is 9.78. The quantitative estimate of drug-likeness (QED) is 0.914. The molecule has 5 nitrogen and oxygen atoms in total. The van der Waals surface area contributed by atoms with Gasteiger partial charge in [0.15, 0.2) is 0 Å². The zero-order valence-corrected chi connectivity index (χ0v) is 11.1. The maximum atomic E-state index is 12.0. The molecule has 1 aliphatic heterocycles. The van der Waals surface area contributed by atoms with Crippen molar-refractivity contribution in [2.75, 3.05) is 18.0 Å². The molecule has 0 saturated carbocycles. The van der Waals surface area contributed by atoms with Crippen molar-refractivity contribution in [2.24, 2.45) is 11.7 Å². The molecule has 0 radical (unpaired) electrons. The number of carbonyl (C=O) groups excluding carboxylic acids is 1. The van der Waals surface area contributed by atoms with Gasteiger partial charge in [-0.1, -0.05) is 30.3 Å². The molecule has 1 aromatic carbocycles. The van der Waals surface area contributed by atoms with Crippen LogP contribution in [0.15, 0.2) is 42.6 Å². The number of anilines is 1. The molecule has 1 unspecified atom stereocenters. The number of rotatable bonds is 3. The molecule has 1 aromatic heterocycles. The Morgan fingerprint density at radius 1 is 1.25 bits per heavy atom. The van der Waals surface area contributed by atoms with Gasteiger partial charge >= 0.3 is 0 Å². The summed E-state index contributed by atoms with van der Waals surface area (Å²) in [4.78, 5) is 22.3. The van der Waals surface area contributed by atoms with Crippen LogP contribution in [0.3, 0.4) is 0 Å². The Morgan fingerprint density at radius 3 is 2.75 bits per heavy atom. The van der Waals surface area contributed by atoms with Crippen LogP contribution < -0.4 is 10.6 Å². The van der Waals surface area contributed by atoms with Crippen molar-refractivity contribution >= 4 is 11.9 Å². The van der Waals surface area contributed by atoms with Crippen LogP contribution in [0.2, 0.25) is 0 Å². The Kier molecular flexibility index (Phi) is 3.43. The first kappa shape index (κ1) is 12.7. The Bertz CT molecular complexity index is 614. The lowest BCUT2D eigenvalue weighted by molar-refractivity contribution is -0.117. The van der Waals surface area contributed by atoms with Gasteiger partial charge in [-0.15, -0.1) is 0 Å². The highest BCUT2D eigenvalue weighted by molar-refractivity contribution is 5.94. The third-order valence-corrected chi connectivity index (χ3v) is 3.49. The SMILES string of the molecule is NCC1CC(=O)N(c2nccc(-c3ccccc3)n2)C1. The van der Waals surface area contributed by atoms with E-state index in [9.17, 15) is 4.79 Å². The second-order valence-electron chi connectivity index (χ2n) is 4.92. The van der Waals surface area contributed by atoms with Gasteiger partial charge in [0.2, 0.25) is 11.9 Å². The van der Waals surface area contributed by atoms with Crippen LogP contribution >= 0.6 is 0 Å². The molecular weight excluding hydrogens is 252 g/mol. The highest BCUT2D eigenvalue weighted by Gasteiger charge is 2.31. The maximum Gasteiger partial charge on any atom is 0.232 e. The second kappa shape index (κ2) is 5.38. The van der Waals surface area contributed by atoms with Crippen LogP contribution in [0.25, 0.3) is 11.3 Å². The number of aromatic nitrogens is 2. The Morgan fingerprint density at radius 2 is 2.05 bits per heavy atom. The molecule has 102 valence electrons. The van der Waals surface area contributed by atoms with E-state index in [1.165, 1.54) is 0 Å². The fraction of sp³-hybridized carbons (Fsp3) is 0.267. The lowest BCUT2D eigenvalue weighted by atomic mass is 10.1. The summed E-state index contributed by atoms with van der Waals surface area (Å²) in [5.41, 5.74) is 7.47. The molecule has 1 saturated heterocycles. The molecule has 1 amide bonds. The van der Waals surface area contributed by atoms with Crippen molar-refractivity contribution in [3.05, 3.63) is 42.6 Å². The molecule has 0 spiro atoms. The van der Waals surface area contributed by atoms with Gasteiger partial charge in [0.05, 0.1) is 5.69 Å². The molecule has 2 aromatic rings. The van der Waals surface area contributed by atoms with Gasteiger partial charge in [-0.3, -0.25) is 9.69 Å². The summed E-state index contributed by atoms with van der Waals surface area (Å²) in [5.74, 6) is 0.712. The largest absolute Gasteiger partial charge is 0.330 e. The van der Waals surface area contributed by atoms with Crippen LogP contribution in [0.4, 0.5) is 5.95 Å². The minimum absolute atomic E-state index is 0.0469. The molecule has 5 heteroatoms. The summed E-state index contributed by atoms with van der Waals surface area (Å²) in [6, 6.07) is 11.7. The lowest BCUT2D eigenvalue weighted by Crippen LogP contribution is -2.27. The predicted molar refractivity (Wildman–Crippen MR) is 77.0 cm³/mol. The summed E-state index contributed by atoms with van der Waals surface area (Å²) < 4.78 is 0. The van der Waals surface area contributed by atoms with Crippen molar-refractivity contribution < 1.29 is 4.79 Å². The number of hydrogen-bond donors (Lipinski definition) is 1. The number of nitrogens with two attached hydrogens (primary N) is 1. The van der Waals surface area contributed by atoms with Crippen molar-refractivity contribution in [3.63, 3.8) is 0 Å². The molecule has 1 atom stereocenters. The predicted octanol–water partition coefficient (Wildman–Crippen LogP) is 1.46. The van der Waals surface area contributed by atoms with E-state index in [-0.39, 0.29) is 11.8 Å². The summed E-state index contributed by atoms with van der Waals surface area (Å²) >= 11 is 0. The highest BCUT2D eigenvalue weighted by Crippen LogP contribution is 2.23. The Balaban J connectivity index is 1.91. The zero-order valence-electron chi connectivity index (χ0n) is 11.1. The van der Waals surface area contributed by atoms with Gasteiger partial charge < -0.3 is 5.73 Å². The van der Waals surface area contributed by atoms with E-state index in [0.29, 0.717) is 25.5 Å². The molecule has 0 aliphatic carbocycles.